The SMILES string of the molecule is COc1ccc(-c2cc3ncn(CC(=O)N[C@@H]4CCCC[C@H]4C)c(=O)c3s2)cc1. The highest BCUT2D eigenvalue weighted by Crippen LogP contribution is 2.31. The second-order valence-electron chi connectivity index (χ2n) is 7.67. The summed E-state index contributed by atoms with van der Waals surface area (Å²) in [7, 11) is 1.63. The summed E-state index contributed by atoms with van der Waals surface area (Å²) in [6.07, 6.45) is 5.99. The first-order valence-corrected chi connectivity index (χ1v) is 10.8. The van der Waals surface area contributed by atoms with Gasteiger partial charge in [0.25, 0.3) is 5.56 Å². The molecule has 0 spiro atoms. The van der Waals surface area contributed by atoms with Crippen LogP contribution >= 0.6 is 11.3 Å². The number of ether oxygens (including phenoxy) is 1. The fraction of sp³-hybridized carbons (Fsp3) is 0.409. The van der Waals surface area contributed by atoms with Crippen LogP contribution in [0.3, 0.4) is 0 Å². The molecular weight excluding hydrogens is 386 g/mol. The maximum Gasteiger partial charge on any atom is 0.271 e. The van der Waals surface area contributed by atoms with Gasteiger partial charge in [-0.05, 0) is 54.7 Å². The Hall–Kier alpha value is -2.67. The molecule has 4 rings (SSSR count). The lowest BCUT2D eigenvalue weighted by Gasteiger charge is -2.29. The number of nitrogens with zero attached hydrogens (tertiary/aromatic N) is 2. The molecule has 1 aliphatic carbocycles. The van der Waals surface area contributed by atoms with Crippen molar-refractivity contribution >= 4 is 27.5 Å². The van der Waals surface area contributed by atoms with E-state index in [4.69, 9.17) is 4.74 Å². The van der Waals surface area contributed by atoms with Crippen LogP contribution in [0, 0.1) is 5.92 Å². The number of fused-ring (bicyclic) bond motifs is 1. The molecule has 1 saturated carbocycles. The van der Waals surface area contributed by atoms with Crippen LogP contribution in [-0.2, 0) is 11.3 Å². The molecule has 152 valence electrons. The number of amides is 1. The molecule has 0 aliphatic heterocycles. The zero-order valence-electron chi connectivity index (χ0n) is 16.7. The Morgan fingerprint density at radius 1 is 1.28 bits per heavy atom. The summed E-state index contributed by atoms with van der Waals surface area (Å²) in [4.78, 5) is 30.8. The van der Waals surface area contributed by atoms with Crippen molar-refractivity contribution in [2.24, 2.45) is 5.92 Å². The van der Waals surface area contributed by atoms with Gasteiger partial charge in [0.05, 0.1) is 19.0 Å². The molecule has 1 fully saturated rings. The molecule has 7 heteroatoms. The Morgan fingerprint density at radius 2 is 2.03 bits per heavy atom. The first kappa shape index (κ1) is 19.6. The first-order chi connectivity index (χ1) is 14.0. The minimum Gasteiger partial charge on any atom is -0.497 e. The molecule has 1 aromatic carbocycles. The number of hydrogen-bond donors (Lipinski definition) is 1. The van der Waals surface area contributed by atoms with Gasteiger partial charge in [0, 0.05) is 10.9 Å². The zero-order chi connectivity index (χ0) is 20.4. The molecule has 2 heterocycles. The second-order valence-corrected chi connectivity index (χ2v) is 8.72. The molecular formula is C22H25N3O3S. The molecule has 1 aliphatic rings. The van der Waals surface area contributed by atoms with E-state index in [1.807, 2.05) is 30.3 Å². The number of methoxy groups -OCH3 is 1. The van der Waals surface area contributed by atoms with Crippen molar-refractivity contribution in [3.8, 4) is 16.2 Å². The van der Waals surface area contributed by atoms with Crippen molar-refractivity contribution < 1.29 is 9.53 Å². The molecule has 0 radical (unpaired) electrons. The number of thiophene rings is 1. The van der Waals surface area contributed by atoms with E-state index in [9.17, 15) is 9.59 Å². The van der Waals surface area contributed by atoms with Crippen LogP contribution in [0.2, 0.25) is 0 Å². The Labute approximate surface area is 173 Å². The molecule has 0 saturated heterocycles. The standard InChI is InChI=1S/C22H25N3O3S/c1-14-5-3-4-6-17(14)24-20(26)12-25-13-23-18-11-19(29-21(18)22(25)27)15-7-9-16(28-2)10-8-15/h7-11,13-14,17H,3-6,12H2,1-2H3,(H,24,26)/t14-,17-/m1/s1. The van der Waals surface area contributed by atoms with Crippen molar-refractivity contribution in [2.75, 3.05) is 7.11 Å². The third-order valence-corrected chi connectivity index (χ3v) is 6.81. The molecule has 0 unspecified atom stereocenters. The third kappa shape index (κ3) is 4.19. The van der Waals surface area contributed by atoms with Gasteiger partial charge in [-0.15, -0.1) is 11.3 Å². The molecule has 29 heavy (non-hydrogen) atoms. The predicted molar refractivity (Wildman–Crippen MR) is 115 cm³/mol. The van der Waals surface area contributed by atoms with Crippen molar-refractivity contribution in [3.63, 3.8) is 0 Å². The molecule has 6 nitrogen and oxygen atoms in total. The summed E-state index contributed by atoms with van der Waals surface area (Å²) in [6.45, 7) is 2.18. The molecule has 2 aromatic heterocycles. The maximum absolute atomic E-state index is 12.9. The largest absolute Gasteiger partial charge is 0.497 e. The number of hydrogen-bond acceptors (Lipinski definition) is 5. The van der Waals surface area contributed by atoms with Crippen molar-refractivity contribution in [1.29, 1.82) is 0 Å². The Kier molecular flexibility index (Phi) is 5.67. The number of nitrogens with one attached hydrogen (secondary N) is 1. The van der Waals surface area contributed by atoms with Crippen molar-refractivity contribution in [3.05, 3.63) is 47.0 Å². The highest BCUT2D eigenvalue weighted by Gasteiger charge is 2.23. The van der Waals surface area contributed by atoms with E-state index < -0.39 is 0 Å². The van der Waals surface area contributed by atoms with Gasteiger partial charge in [-0.3, -0.25) is 14.2 Å². The lowest BCUT2D eigenvalue weighted by atomic mass is 9.86. The average molecular weight is 412 g/mol. The van der Waals surface area contributed by atoms with Crippen LogP contribution in [0.1, 0.15) is 32.6 Å². The molecule has 3 aromatic rings. The summed E-state index contributed by atoms with van der Waals surface area (Å²) < 4.78 is 7.17. The van der Waals surface area contributed by atoms with Gasteiger partial charge in [0.15, 0.2) is 0 Å². The summed E-state index contributed by atoms with van der Waals surface area (Å²) in [5.74, 6) is 1.14. The van der Waals surface area contributed by atoms with Gasteiger partial charge in [-0.25, -0.2) is 4.98 Å². The number of carbonyl (C=O) groups is 1. The average Bonchev–Trinajstić information content (AvgIpc) is 3.17. The summed E-state index contributed by atoms with van der Waals surface area (Å²) >= 11 is 1.40. The van der Waals surface area contributed by atoms with E-state index >= 15 is 0 Å². The van der Waals surface area contributed by atoms with Crippen LogP contribution in [0.5, 0.6) is 5.75 Å². The van der Waals surface area contributed by atoms with Crippen LogP contribution < -0.4 is 15.6 Å². The van der Waals surface area contributed by atoms with Crippen LogP contribution in [0.25, 0.3) is 20.7 Å². The number of benzene rings is 1. The Balaban J connectivity index is 1.54. The van der Waals surface area contributed by atoms with Gasteiger partial charge in [0.2, 0.25) is 5.91 Å². The number of aromatic nitrogens is 2. The van der Waals surface area contributed by atoms with Gasteiger partial charge < -0.3 is 10.1 Å². The Bertz CT molecular complexity index is 1070. The van der Waals surface area contributed by atoms with Gasteiger partial charge >= 0.3 is 0 Å². The minimum atomic E-state index is -0.174. The van der Waals surface area contributed by atoms with E-state index in [-0.39, 0.29) is 24.1 Å². The van der Waals surface area contributed by atoms with Crippen LogP contribution in [0.4, 0.5) is 0 Å². The molecule has 1 amide bonds. The fourth-order valence-electron chi connectivity index (χ4n) is 3.89. The monoisotopic (exact) mass is 411 g/mol. The molecule has 1 N–H and O–H groups in total. The summed E-state index contributed by atoms with van der Waals surface area (Å²) in [5.41, 5.74) is 1.48. The van der Waals surface area contributed by atoms with Crippen LogP contribution in [0.15, 0.2) is 41.5 Å². The van der Waals surface area contributed by atoms with E-state index in [1.165, 1.54) is 28.7 Å². The predicted octanol–water partition coefficient (Wildman–Crippen LogP) is 3.83. The smallest absolute Gasteiger partial charge is 0.271 e. The maximum atomic E-state index is 12.9. The highest BCUT2D eigenvalue weighted by molar-refractivity contribution is 7.22. The van der Waals surface area contributed by atoms with E-state index in [1.54, 1.807) is 7.11 Å². The fourth-order valence-corrected chi connectivity index (χ4v) is 4.96. The third-order valence-electron chi connectivity index (χ3n) is 5.65. The first-order valence-electron chi connectivity index (χ1n) is 9.98. The van der Waals surface area contributed by atoms with Crippen molar-refractivity contribution in [2.45, 2.75) is 45.2 Å². The normalized spacial score (nSPS) is 19.2. The molecule has 2 atom stereocenters. The zero-order valence-corrected chi connectivity index (χ0v) is 17.5. The highest BCUT2D eigenvalue weighted by atomic mass is 32.1. The summed E-state index contributed by atoms with van der Waals surface area (Å²) in [6, 6.07) is 9.82. The number of rotatable bonds is 5. The quantitative estimate of drug-likeness (QED) is 0.693. The molecule has 0 bridgehead atoms. The van der Waals surface area contributed by atoms with Gasteiger partial charge in [-0.2, -0.15) is 0 Å². The van der Waals surface area contributed by atoms with E-state index in [0.717, 1.165) is 35.5 Å². The van der Waals surface area contributed by atoms with Crippen molar-refractivity contribution in [1.82, 2.24) is 14.9 Å². The van der Waals surface area contributed by atoms with Gasteiger partial charge in [0.1, 0.15) is 17.0 Å². The van der Waals surface area contributed by atoms with Gasteiger partial charge in [-0.1, -0.05) is 19.8 Å². The van der Waals surface area contributed by atoms with E-state index in [0.29, 0.717) is 16.1 Å². The number of carbonyl (C=O) groups excluding carboxylic acids is 1. The van der Waals surface area contributed by atoms with Crippen LogP contribution in [-0.4, -0.2) is 28.6 Å². The lowest BCUT2D eigenvalue weighted by molar-refractivity contribution is -0.123. The topological polar surface area (TPSA) is 73.2 Å². The second kappa shape index (κ2) is 8.37. The lowest BCUT2D eigenvalue weighted by Crippen LogP contribution is -2.43. The van der Waals surface area contributed by atoms with E-state index in [2.05, 4.69) is 17.2 Å². The summed E-state index contributed by atoms with van der Waals surface area (Å²) in [5, 5.41) is 3.10. The minimum absolute atomic E-state index is 0.000756. The Morgan fingerprint density at radius 3 is 2.76 bits per heavy atom.